The lowest BCUT2D eigenvalue weighted by atomic mass is 10.0. The van der Waals surface area contributed by atoms with Gasteiger partial charge in [-0.05, 0) is 38.0 Å². The second-order valence-corrected chi connectivity index (χ2v) is 14.8. The van der Waals surface area contributed by atoms with Gasteiger partial charge in [-0.15, -0.1) is 0 Å². The van der Waals surface area contributed by atoms with Gasteiger partial charge in [-0.3, -0.25) is 33.6 Å². The molecule has 1 saturated heterocycles. The summed E-state index contributed by atoms with van der Waals surface area (Å²) in [6.45, 7) is 10.1. The molecule has 1 aliphatic rings. The van der Waals surface area contributed by atoms with Crippen molar-refractivity contribution >= 4 is 41.4 Å². The van der Waals surface area contributed by atoms with Crippen LogP contribution in [-0.2, 0) is 33.6 Å². The van der Waals surface area contributed by atoms with Gasteiger partial charge in [0.25, 0.3) is 0 Å². The average Bonchev–Trinajstić information content (AvgIpc) is 3.59. The molecular formula is C38H68N6O8. The summed E-state index contributed by atoms with van der Waals surface area (Å²) in [5.41, 5.74) is 0. The Kier molecular flexibility index (Phi) is 23.3. The number of unbranched alkanes of at least 4 members (excludes halogenated alkanes) is 12. The number of amides is 6. The average molecular weight is 737 g/mol. The minimum atomic E-state index is -1.20. The molecule has 14 nitrogen and oxygen atoms in total. The second-order valence-electron chi connectivity index (χ2n) is 14.8. The highest BCUT2D eigenvalue weighted by atomic mass is 16.4. The van der Waals surface area contributed by atoms with Gasteiger partial charge in [-0.2, -0.15) is 0 Å². The number of carbonyl (C=O) groups excluding carboxylic acids is 6. The highest BCUT2D eigenvalue weighted by Crippen LogP contribution is 2.19. The van der Waals surface area contributed by atoms with Crippen LogP contribution in [0.1, 0.15) is 144 Å². The molecule has 0 aromatic carbocycles. The Morgan fingerprint density at radius 3 is 1.65 bits per heavy atom. The van der Waals surface area contributed by atoms with Crippen LogP contribution >= 0.6 is 0 Å². The number of hydrogen-bond acceptors (Lipinski definition) is 7. The molecule has 0 radical (unpaired) electrons. The summed E-state index contributed by atoms with van der Waals surface area (Å²) in [6.07, 6.45) is 17.0. The van der Waals surface area contributed by atoms with Crippen LogP contribution in [0.2, 0.25) is 0 Å². The Bertz CT molecular complexity index is 1150. The Balaban J connectivity index is 2.47. The Morgan fingerprint density at radius 2 is 1.13 bits per heavy atom. The molecule has 1 fully saturated rings. The van der Waals surface area contributed by atoms with Crippen LogP contribution in [0.5, 0.6) is 0 Å². The molecule has 4 atom stereocenters. The van der Waals surface area contributed by atoms with E-state index in [1.165, 1.54) is 76.0 Å². The van der Waals surface area contributed by atoms with Crippen molar-refractivity contribution in [2.45, 2.75) is 168 Å². The summed E-state index contributed by atoms with van der Waals surface area (Å²) >= 11 is 0. The fourth-order valence-corrected chi connectivity index (χ4v) is 6.32. The fourth-order valence-electron chi connectivity index (χ4n) is 6.32. The van der Waals surface area contributed by atoms with E-state index in [9.17, 15) is 33.6 Å². The second kappa shape index (κ2) is 26.1. The topological polar surface area (TPSA) is 203 Å². The molecule has 1 rings (SSSR count). The number of carboxylic acid groups (broad SMARTS) is 1. The van der Waals surface area contributed by atoms with Crippen molar-refractivity contribution in [1.82, 2.24) is 31.5 Å². The minimum absolute atomic E-state index is 0.206. The maximum absolute atomic E-state index is 13.2. The van der Waals surface area contributed by atoms with Gasteiger partial charge in [-0.25, -0.2) is 0 Å². The van der Waals surface area contributed by atoms with E-state index < -0.39 is 72.8 Å². The lowest BCUT2D eigenvalue weighted by molar-refractivity contribution is -0.142. The van der Waals surface area contributed by atoms with Gasteiger partial charge < -0.3 is 36.6 Å². The van der Waals surface area contributed by atoms with E-state index in [0.29, 0.717) is 19.3 Å². The van der Waals surface area contributed by atoms with Crippen LogP contribution in [-0.4, -0.2) is 95.2 Å². The summed E-state index contributed by atoms with van der Waals surface area (Å²) in [7, 11) is 0. The highest BCUT2D eigenvalue weighted by molar-refractivity contribution is 5.96. The number of nitrogens with zero attached hydrogens (tertiary/aromatic N) is 1. The zero-order valence-corrected chi connectivity index (χ0v) is 32.7. The van der Waals surface area contributed by atoms with Crippen LogP contribution in [0.4, 0.5) is 0 Å². The van der Waals surface area contributed by atoms with Gasteiger partial charge in [0.05, 0.1) is 6.54 Å². The van der Waals surface area contributed by atoms with Gasteiger partial charge >= 0.3 is 5.97 Å². The first kappa shape index (κ1) is 46.3. The predicted molar refractivity (Wildman–Crippen MR) is 200 cm³/mol. The van der Waals surface area contributed by atoms with Crippen LogP contribution in [0, 0.1) is 11.8 Å². The monoisotopic (exact) mass is 737 g/mol. The Hall–Kier alpha value is -3.71. The molecular weight excluding hydrogens is 668 g/mol. The summed E-state index contributed by atoms with van der Waals surface area (Å²) in [5, 5.41) is 21.7. The van der Waals surface area contributed by atoms with E-state index in [2.05, 4.69) is 33.5 Å². The molecule has 0 aromatic heterocycles. The van der Waals surface area contributed by atoms with Crippen LogP contribution in [0.15, 0.2) is 0 Å². The molecule has 14 heteroatoms. The van der Waals surface area contributed by atoms with Gasteiger partial charge in [0, 0.05) is 13.0 Å². The standard InChI is InChI=1S/C38H68N6O8/c1-7-8-9-10-11-12-13-14-15-16-17-18-19-22-30(45)42-33(26(2)3)36(50)39-24-31(46)43-34(27(4)5)37(51)41-28(6)38(52)44-23-20-21-29(44)35(49)40-25-32(47)48/h26-29,33-34H,7-25H2,1-6H3,(H,39,50)(H,40,49)(H,41,51)(H,42,45)(H,43,46)(H,47,48)/t28-,29-,33?,34?/m0/s1. The molecule has 0 spiro atoms. The summed E-state index contributed by atoms with van der Waals surface area (Å²) in [4.78, 5) is 89.3. The minimum Gasteiger partial charge on any atom is -0.480 e. The third-order valence-corrected chi connectivity index (χ3v) is 9.44. The number of nitrogens with one attached hydrogen (secondary N) is 5. The molecule has 298 valence electrons. The summed E-state index contributed by atoms with van der Waals surface area (Å²) in [6, 6.07) is -3.70. The smallest absolute Gasteiger partial charge is 0.322 e. The number of rotatable bonds is 27. The summed E-state index contributed by atoms with van der Waals surface area (Å²) < 4.78 is 0. The van der Waals surface area contributed by atoms with Crippen molar-refractivity contribution in [3.05, 3.63) is 0 Å². The number of carbonyl (C=O) groups is 7. The van der Waals surface area contributed by atoms with E-state index >= 15 is 0 Å². The first-order chi connectivity index (χ1) is 24.7. The lowest BCUT2D eigenvalue weighted by Crippen LogP contribution is -2.58. The van der Waals surface area contributed by atoms with Crippen molar-refractivity contribution in [2.75, 3.05) is 19.6 Å². The van der Waals surface area contributed by atoms with Crippen molar-refractivity contribution in [3.8, 4) is 0 Å². The van der Waals surface area contributed by atoms with Crippen LogP contribution in [0.3, 0.4) is 0 Å². The lowest BCUT2D eigenvalue weighted by Gasteiger charge is -2.29. The first-order valence-electron chi connectivity index (χ1n) is 19.7. The SMILES string of the molecule is CCCCCCCCCCCCCCCC(=O)NC(C(=O)NCC(=O)NC(C(=O)N[C@@H](C)C(=O)N1CCC[C@H]1C(=O)NCC(=O)O)C(C)C)C(C)C. The van der Waals surface area contributed by atoms with Gasteiger partial charge in [0.2, 0.25) is 35.4 Å². The molecule has 1 aliphatic heterocycles. The number of likely N-dealkylation sites (tertiary alicyclic amines) is 1. The first-order valence-corrected chi connectivity index (χ1v) is 19.7. The van der Waals surface area contributed by atoms with Crippen molar-refractivity contribution in [3.63, 3.8) is 0 Å². The molecule has 2 unspecified atom stereocenters. The number of carboxylic acids is 1. The zero-order chi connectivity index (χ0) is 39.1. The molecule has 0 saturated carbocycles. The van der Waals surface area contributed by atoms with Crippen molar-refractivity contribution in [1.29, 1.82) is 0 Å². The van der Waals surface area contributed by atoms with Crippen molar-refractivity contribution < 1.29 is 38.7 Å². The van der Waals surface area contributed by atoms with Crippen molar-refractivity contribution in [2.24, 2.45) is 11.8 Å². The van der Waals surface area contributed by atoms with Gasteiger partial charge in [0.1, 0.15) is 30.7 Å². The van der Waals surface area contributed by atoms with E-state index in [-0.39, 0.29) is 24.3 Å². The number of aliphatic carboxylic acids is 1. The molecule has 6 N–H and O–H groups in total. The van der Waals surface area contributed by atoms with E-state index in [1.54, 1.807) is 13.8 Å². The van der Waals surface area contributed by atoms with Crippen LogP contribution < -0.4 is 26.6 Å². The van der Waals surface area contributed by atoms with E-state index in [1.807, 2.05) is 13.8 Å². The third kappa shape index (κ3) is 18.7. The predicted octanol–water partition coefficient (Wildman–Crippen LogP) is 3.56. The van der Waals surface area contributed by atoms with Gasteiger partial charge in [0.15, 0.2) is 0 Å². The molecule has 0 aliphatic carbocycles. The Morgan fingerprint density at radius 1 is 0.635 bits per heavy atom. The molecule has 52 heavy (non-hydrogen) atoms. The maximum atomic E-state index is 13.2. The largest absolute Gasteiger partial charge is 0.480 e. The highest BCUT2D eigenvalue weighted by Gasteiger charge is 2.37. The molecule has 1 heterocycles. The van der Waals surface area contributed by atoms with Gasteiger partial charge in [-0.1, -0.05) is 112 Å². The Labute approximate surface area is 311 Å². The molecule has 6 amide bonds. The van der Waals surface area contributed by atoms with E-state index in [4.69, 9.17) is 5.11 Å². The normalized spacial score (nSPS) is 15.8. The van der Waals surface area contributed by atoms with Crippen LogP contribution in [0.25, 0.3) is 0 Å². The molecule has 0 aromatic rings. The summed E-state index contributed by atoms with van der Waals surface area (Å²) in [5.74, 6) is -4.79. The number of hydrogen-bond donors (Lipinski definition) is 6. The maximum Gasteiger partial charge on any atom is 0.322 e. The quantitative estimate of drug-likeness (QED) is 0.0687. The fraction of sp³-hybridized carbons (Fsp3) is 0.816. The van der Waals surface area contributed by atoms with E-state index in [0.717, 1.165) is 19.3 Å². The third-order valence-electron chi connectivity index (χ3n) is 9.44. The zero-order valence-electron chi connectivity index (χ0n) is 32.7. The molecule has 0 bridgehead atoms.